The minimum atomic E-state index is -0.798. The summed E-state index contributed by atoms with van der Waals surface area (Å²) in [5, 5.41) is 1.98. The van der Waals surface area contributed by atoms with Crippen molar-refractivity contribution in [3.63, 3.8) is 0 Å². The zero-order chi connectivity index (χ0) is 8.10. The van der Waals surface area contributed by atoms with Crippen molar-refractivity contribution < 1.29 is 9.63 Å². The van der Waals surface area contributed by atoms with E-state index in [4.69, 9.17) is 0 Å². The van der Waals surface area contributed by atoms with Gasteiger partial charge in [0, 0.05) is 12.4 Å². The van der Waals surface area contributed by atoms with Gasteiger partial charge in [-0.1, -0.05) is 0 Å². The summed E-state index contributed by atoms with van der Waals surface area (Å²) in [6, 6.07) is 3.03. The van der Waals surface area contributed by atoms with Crippen molar-refractivity contribution in [2.45, 2.75) is 0 Å². The Labute approximate surface area is 61.9 Å². The third-order valence-electron chi connectivity index (χ3n) is 1.02. The summed E-state index contributed by atoms with van der Waals surface area (Å²) in [7, 11) is 0. The van der Waals surface area contributed by atoms with Crippen molar-refractivity contribution >= 4 is 5.97 Å². The number of rotatable bonds is 2. The Kier molecular flexibility index (Phi) is 2.27. The second kappa shape index (κ2) is 3.40. The van der Waals surface area contributed by atoms with E-state index in [0.29, 0.717) is 0 Å². The van der Waals surface area contributed by atoms with E-state index < -0.39 is 5.97 Å². The summed E-state index contributed by atoms with van der Waals surface area (Å²) >= 11 is 0. The van der Waals surface area contributed by atoms with E-state index in [-0.39, 0.29) is 5.56 Å². The molecule has 56 valence electrons. The molecule has 0 spiro atoms. The number of aromatic nitrogens is 1. The van der Waals surface area contributed by atoms with Crippen LogP contribution in [0.5, 0.6) is 0 Å². The van der Waals surface area contributed by atoms with E-state index in [2.05, 4.69) is 9.82 Å². The Hall–Kier alpha value is -1.78. The third-order valence-corrected chi connectivity index (χ3v) is 1.02. The van der Waals surface area contributed by atoms with Crippen molar-refractivity contribution in [1.82, 2.24) is 4.98 Å². The molecular weight excluding hydrogens is 148 g/mol. The average molecular weight is 152 g/mol. The van der Waals surface area contributed by atoms with Crippen molar-refractivity contribution in [3.8, 4) is 0 Å². The molecule has 0 unspecified atom stereocenters. The van der Waals surface area contributed by atoms with Gasteiger partial charge in [-0.3, -0.25) is 9.82 Å². The van der Waals surface area contributed by atoms with Gasteiger partial charge in [-0.05, 0) is 12.1 Å². The van der Waals surface area contributed by atoms with Crippen LogP contribution >= 0.6 is 0 Å². The van der Waals surface area contributed by atoms with Crippen LogP contribution in [0.25, 0.3) is 0 Å². The maximum atomic E-state index is 10.7. The number of pyridine rings is 1. The van der Waals surface area contributed by atoms with Crippen molar-refractivity contribution in [2.24, 2.45) is 5.34 Å². The fourth-order valence-corrected chi connectivity index (χ4v) is 0.570. The maximum absolute atomic E-state index is 10.7. The van der Waals surface area contributed by atoms with Crippen LogP contribution in [-0.4, -0.2) is 11.0 Å². The summed E-state index contributed by atoms with van der Waals surface area (Å²) in [6.45, 7) is 0. The van der Waals surface area contributed by atoms with Crippen LogP contribution in [0.15, 0.2) is 29.9 Å². The number of hydrogen-bond donors (Lipinski definition) is 0. The molecule has 0 aliphatic rings. The van der Waals surface area contributed by atoms with E-state index in [1.54, 1.807) is 6.07 Å². The highest BCUT2D eigenvalue weighted by molar-refractivity contribution is 5.88. The van der Waals surface area contributed by atoms with Gasteiger partial charge < -0.3 is 0 Å². The highest BCUT2D eigenvalue weighted by Crippen LogP contribution is 1.97. The Morgan fingerprint density at radius 2 is 2.45 bits per heavy atom. The molecule has 0 N–H and O–H groups in total. The topological polar surface area (TPSA) is 68.6 Å². The molecule has 0 saturated heterocycles. The van der Waals surface area contributed by atoms with E-state index in [9.17, 15) is 9.70 Å². The molecule has 0 aliphatic heterocycles. The van der Waals surface area contributed by atoms with Gasteiger partial charge >= 0.3 is 5.97 Å². The van der Waals surface area contributed by atoms with Crippen molar-refractivity contribution in [1.29, 1.82) is 0 Å². The summed E-state index contributed by atoms with van der Waals surface area (Å²) in [5.74, 6) is -0.798. The lowest BCUT2D eigenvalue weighted by molar-refractivity contribution is 0.0508. The molecule has 5 nitrogen and oxygen atoms in total. The van der Waals surface area contributed by atoms with Crippen molar-refractivity contribution in [3.05, 3.63) is 35.0 Å². The molecule has 0 fully saturated rings. The van der Waals surface area contributed by atoms with Crippen LogP contribution in [0, 0.1) is 4.91 Å². The summed E-state index contributed by atoms with van der Waals surface area (Å²) in [6.07, 6.45) is 2.79. The molecule has 0 saturated carbocycles. The molecule has 0 aromatic carbocycles. The average Bonchev–Trinajstić information content (AvgIpc) is 2.07. The molecule has 0 atom stereocenters. The third kappa shape index (κ3) is 1.82. The Morgan fingerprint density at radius 1 is 1.64 bits per heavy atom. The minimum absolute atomic E-state index is 0.201. The normalized spacial score (nSPS) is 8.73. The van der Waals surface area contributed by atoms with Gasteiger partial charge in [0.1, 0.15) is 0 Å². The van der Waals surface area contributed by atoms with Gasteiger partial charge in [0.15, 0.2) is 5.34 Å². The van der Waals surface area contributed by atoms with E-state index >= 15 is 0 Å². The first kappa shape index (κ1) is 7.33. The molecule has 1 heterocycles. The van der Waals surface area contributed by atoms with Gasteiger partial charge in [-0.15, -0.1) is 4.91 Å². The fraction of sp³-hybridized carbons (Fsp3) is 0. The maximum Gasteiger partial charge on any atom is 0.370 e. The van der Waals surface area contributed by atoms with Gasteiger partial charge in [-0.2, -0.15) is 0 Å². The zero-order valence-electron chi connectivity index (χ0n) is 5.43. The van der Waals surface area contributed by atoms with Crippen molar-refractivity contribution in [2.75, 3.05) is 0 Å². The molecule has 1 aromatic rings. The second-order valence-electron chi connectivity index (χ2n) is 1.69. The molecule has 0 bridgehead atoms. The minimum Gasteiger partial charge on any atom is -0.279 e. The van der Waals surface area contributed by atoms with E-state index in [0.717, 1.165) is 0 Å². The molecule has 1 rings (SSSR count). The first-order valence-corrected chi connectivity index (χ1v) is 2.78. The highest BCUT2D eigenvalue weighted by atomic mass is 16.7. The van der Waals surface area contributed by atoms with Crippen LogP contribution in [0.3, 0.4) is 0 Å². The van der Waals surface area contributed by atoms with Gasteiger partial charge in [0.05, 0.1) is 5.56 Å². The molecule has 0 amide bonds. The summed E-state index contributed by atoms with van der Waals surface area (Å²) in [4.78, 5) is 27.6. The number of hydrogen-bond acceptors (Lipinski definition) is 5. The number of carbonyl (C=O) groups excluding carboxylic acids is 1. The van der Waals surface area contributed by atoms with Gasteiger partial charge in [0.25, 0.3) is 0 Å². The SMILES string of the molecule is O=NOC(=O)c1cccnc1. The van der Waals surface area contributed by atoms with Gasteiger partial charge in [0.2, 0.25) is 0 Å². The molecule has 5 heteroatoms. The van der Waals surface area contributed by atoms with Gasteiger partial charge in [-0.25, -0.2) is 4.79 Å². The summed E-state index contributed by atoms with van der Waals surface area (Å²) < 4.78 is 0. The quantitative estimate of drug-likeness (QED) is 0.466. The second-order valence-corrected chi connectivity index (χ2v) is 1.69. The van der Waals surface area contributed by atoms with Crippen LogP contribution in [-0.2, 0) is 4.84 Å². The smallest absolute Gasteiger partial charge is 0.279 e. The highest BCUT2D eigenvalue weighted by Gasteiger charge is 2.05. The largest absolute Gasteiger partial charge is 0.370 e. The first-order chi connectivity index (χ1) is 5.34. The molecular formula is C6H4N2O3. The zero-order valence-corrected chi connectivity index (χ0v) is 5.43. The number of carbonyl (C=O) groups is 1. The van der Waals surface area contributed by atoms with Crippen LogP contribution in [0.2, 0.25) is 0 Å². The van der Waals surface area contributed by atoms with Crippen LogP contribution in [0.1, 0.15) is 10.4 Å². The predicted octanol–water partition coefficient (Wildman–Crippen LogP) is 0.920. The molecule has 11 heavy (non-hydrogen) atoms. The number of nitrogens with zero attached hydrogens (tertiary/aromatic N) is 2. The van der Waals surface area contributed by atoms with E-state index in [1.807, 2.05) is 5.34 Å². The predicted molar refractivity (Wildman–Crippen MR) is 35.4 cm³/mol. The standard InChI is InChI=1S/C6H4N2O3/c9-6(11-8-10)5-2-1-3-7-4-5/h1-4H. The Balaban J connectivity index is 2.77. The lowest BCUT2D eigenvalue weighted by Crippen LogP contribution is -1.99. The Bertz CT molecular complexity index is 260. The fourth-order valence-electron chi connectivity index (χ4n) is 0.570. The van der Waals surface area contributed by atoms with E-state index in [1.165, 1.54) is 18.5 Å². The molecule has 0 aliphatic carbocycles. The molecule has 1 aromatic heterocycles. The molecule has 0 radical (unpaired) electrons. The monoisotopic (exact) mass is 152 g/mol. The van der Waals surface area contributed by atoms with Crippen LogP contribution in [0.4, 0.5) is 0 Å². The summed E-state index contributed by atoms with van der Waals surface area (Å²) in [5.41, 5.74) is 0.201. The Morgan fingerprint density at radius 3 is 3.00 bits per heavy atom. The van der Waals surface area contributed by atoms with Crippen LogP contribution < -0.4 is 0 Å². The lowest BCUT2D eigenvalue weighted by Gasteiger charge is -1.91. The lowest BCUT2D eigenvalue weighted by atomic mass is 10.3. The first-order valence-electron chi connectivity index (χ1n) is 2.78.